The quantitative estimate of drug-likeness (QED) is 0.201. The Labute approximate surface area is 266 Å². The third kappa shape index (κ3) is 4.31. The lowest BCUT2D eigenvalue weighted by molar-refractivity contribution is 0.486. The van der Waals surface area contributed by atoms with Gasteiger partial charge in [-0.2, -0.15) is 0 Å². The van der Waals surface area contributed by atoms with Gasteiger partial charge in [-0.1, -0.05) is 97.1 Å². The van der Waals surface area contributed by atoms with Gasteiger partial charge in [0.15, 0.2) is 0 Å². The van der Waals surface area contributed by atoms with Crippen LogP contribution in [0.4, 0.5) is 0 Å². The molecular formula is C42H27N3O. The minimum Gasteiger partial charge on any atom is -0.456 e. The average molecular weight is 590 g/mol. The van der Waals surface area contributed by atoms with E-state index >= 15 is 0 Å². The van der Waals surface area contributed by atoms with Crippen LogP contribution in [0, 0.1) is 0 Å². The first kappa shape index (κ1) is 26.2. The molecule has 0 radical (unpaired) electrons. The molecule has 5 aromatic carbocycles. The molecule has 0 unspecified atom stereocenters. The van der Waals surface area contributed by atoms with Gasteiger partial charge in [-0.05, 0) is 81.9 Å². The summed E-state index contributed by atoms with van der Waals surface area (Å²) in [5.74, 6) is 2.54. The molecule has 1 aliphatic heterocycles. The maximum atomic E-state index is 6.74. The van der Waals surface area contributed by atoms with Crippen molar-refractivity contribution in [2.45, 2.75) is 0 Å². The Balaban J connectivity index is 1.24. The van der Waals surface area contributed by atoms with Crippen LogP contribution in [0.1, 0.15) is 11.1 Å². The Kier molecular flexibility index (Phi) is 6.10. The number of hydrogen-bond donors (Lipinski definition) is 0. The highest BCUT2D eigenvalue weighted by Gasteiger charge is 2.18. The fraction of sp³-hybridized carbons (Fsp3) is 0. The van der Waals surface area contributed by atoms with Crippen molar-refractivity contribution in [3.63, 3.8) is 0 Å². The molecule has 4 heteroatoms. The minimum atomic E-state index is 0.820. The van der Waals surface area contributed by atoms with Crippen LogP contribution in [-0.4, -0.2) is 14.5 Å². The van der Waals surface area contributed by atoms with Crippen molar-refractivity contribution in [2.24, 2.45) is 0 Å². The summed E-state index contributed by atoms with van der Waals surface area (Å²) in [4.78, 5) is 9.14. The molecule has 216 valence electrons. The van der Waals surface area contributed by atoms with Crippen LogP contribution in [0.5, 0.6) is 11.5 Å². The number of rotatable bonds is 2. The zero-order valence-electron chi connectivity index (χ0n) is 24.8. The van der Waals surface area contributed by atoms with E-state index in [1.807, 2.05) is 55.0 Å². The highest BCUT2D eigenvalue weighted by atomic mass is 16.5. The second-order valence-electron chi connectivity index (χ2n) is 11.5. The van der Waals surface area contributed by atoms with Crippen LogP contribution in [0.2, 0.25) is 0 Å². The van der Waals surface area contributed by atoms with Crippen molar-refractivity contribution in [3.8, 4) is 50.7 Å². The van der Waals surface area contributed by atoms with E-state index in [1.54, 1.807) is 0 Å². The van der Waals surface area contributed by atoms with Crippen molar-refractivity contribution in [2.75, 3.05) is 0 Å². The highest BCUT2D eigenvalue weighted by Crippen LogP contribution is 2.43. The van der Waals surface area contributed by atoms with Gasteiger partial charge in [0, 0.05) is 40.5 Å². The van der Waals surface area contributed by atoms with Gasteiger partial charge >= 0.3 is 0 Å². The Morgan fingerprint density at radius 1 is 0.478 bits per heavy atom. The number of pyridine rings is 2. The molecule has 9 rings (SSSR count). The number of aromatic nitrogens is 3. The summed E-state index contributed by atoms with van der Waals surface area (Å²) in [6.45, 7) is 0. The van der Waals surface area contributed by atoms with Gasteiger partial charge < -0.3 is 4.74 Å². The third-order valence-electron chi connectivity index (χ3n) is 8.81. The monoisotopic (exact) mass is 589 g/mol. The lowest BCUT2D eigenvalue weighted by Gasteiger charge is -2.16. The van der Waals surface area contributed by atoms with Crippen molar-refractivity contribution >= 4 is 34.0 Å². The Hall–Kier alpha value is -6.26. The van der Waals surface area contributed by atoms with Gasteiger partial charge in [0.2, 0.25) is 0 Å². The largest absolute Gasteiger partial charge is 0.456 e. The number of fused-ring (bicyclic) bond motifs is 9. The van der Waals surface area contributed by atoms with Gasteiger partial charge in [-0.25, -0.2) is 4.98 Å². The number of hydrogen-bond acceptors (Lipinski definition) is 3. The van der Waals surface area contributed by atoms with Gasteiger partial charge in [0.1, 0.15) is 17.3 Å². The van der Waals surface area contributed by atoms with E-state index in [9.17, 15) is 0 Å². The van der Waals surface area contributed by atoms with Crippen LogP contribution >= 0.6 is 0 Å². The SMILES string of the molecule is C1=Cc2ccc(-c3ccc4c(c3)c3cnccc3n4-c3ccccn3)cc2-c2ccccc2Oc2ccccc2-c2ccccc21. The molecule has 8 aromatic rings. The molecule has 0 fully saturated rings. The molecule has 0 bridgehead atoms. The molecule has 1 aliphatic rings. The van der Waals surface area contributed by atoms with Crippen molar-refractivity contribution in [1.82, 2.24) is 14.5 Å². The predicted molar refractivity (Wildman–Crippen MR) is 188 cm³/mol. The van der Waals surface area contributed by atoms with Gasteiger partial charge in [0.25, 0.3) is 0 Å². The maximum Gasteiger partial charge on any atom is 0.137 e. The molecule has 3 aromatic heterocycles. The Morgan fingerprint density at radius 3 is 1.93 bits per heavy atom. The smallest absolute Gasteiger partial charge is 0.137 e. The van der Waals surface area contributed by atoms with E-state index in [2.05, 4.69) is 124 Å². The van der Waals surface area contributed by atoms with E-state index in [0.29, 0.717) is 0 Å². The third-order valence-corrected chi connectivity index (χ3v) is 8.81. The summed E-state index contributed by atoms with van der Waals surface area (Å²) in [6.07, 6.45) is 10.1. The van der Waals surface area contributed by atoms with Crippen molar-refractivity contribution in [1.29, 1.82) is 0 Å². The van der Waals surface area contributed by atoms with E-state index in [4.69, 9.17) is 4.74 Å². The van der Waals surface area contributed by atoms with Crippen LogP contribution in [0.25, 0.3) is 73.2 Å². The fourth-order valence-corrected chi connectivity index (χ4v) is 6.63. The molecule has 0 saturated carbocycles. The van der Waals surface area contributed by atoms with Crippen LogP contribution in [0.15, 0.2) is 152 Å². The second kappa shape index (κ2) is 10.7. The van der Waals surface area contributed by atoms with Gasteiger partial charge in [-0.3, -0.25) is 9.55 Å². The number of benzene rings is 5. The summed E-state index contributed by atoms with van der Waals surface area (Å²) in [6, 6.07) is 46.5. The van der Waals surface area contributed by atoms with Crippen molar-refractivity contribution in [3.05, 3.63) is 163 Å². The first-order valence-corrected chi connectivity index (χ1v) is 15.4. The number of nitrogens with zero attached hydrogens (tertiary/aromatic N) is 3. The van der Waals surface area contributed by atoms with E-state index in [-0.39, 0.29) is 0 Å². The summed E-state index contributed by atoms with van der Waals surface area (Å²) < 4.78 is 8.95. The van der Waals surface area contributed by atoms with Crippen LogP contribution in [0.3, 0.4) is 0 Å². The molecule has 0 saturated heterocycles. The van der Waals surface area contributed by atoms with Crippen LogP contribution in [-0.2, 0) is 0 Å². The minimum absolute atomic E-state index is 0.820. The van der Waals surface area contributed by atoms with E-state index in [0.717, 1.165) is 83.6 Å². The number of para-hydroxylation sites is 2. The Morgan fingerprint density at radius 2 is 1.13 bits per heavy atom. The molecule has 0 amide bonds. The van der Waals surface area contributed by atoms with E-state index in [1.165, 1.54) is 0 Å². The molecule has 0 aliphatic carbocycles. The average Bonchev–Trinajstić information content (AvgIpc) is 3.44. The normalized spacial score (nSPS) is 12.0. The van der Waals surface area contributed by atoms with Crippen molar-refractivity contribution < 1.29 is 4.74 Å². The second-order valence-corrected chi connectivity index (χ2v) is 11.5. The molecular weight excluding hydrogens is 562 g/mol. The predicted octanol–water partition coefficient (Wildman–Crippen LogP) is 10.9. The zero-order chi connectivity index (χ0) is 30.5. The topological polar surface area (TPSA) is 39.9 Å². The molecule has 4 heterocycles. The summed E-state index contributed by atoms with van der Waals surface area (Å²) in [5, 5.41) is 2.24. The maximum absolute atomic E-state index is 6.74. The summed E-state index contributed by atoms with van der Waals surface area (Å²) >= 11 is 0. The molecule has 0 spiro atoms. The van der Waals surface area contributed by atoms with Crippen LogP contribution < -0.4 is 4.74 Å². The lowest BCUT2D eigenvalue weighted by atomic mass is 9.92. The molecule has 0 N–H and O–H groups in total. The molecule has 4 nitrogen and oxygen atoms in total. The molecule has 0 atom stereocenters. The lowest BCUT2D eigenvalue weighted by Crippen LogP contribution is -1.96. The van der Waals surface area contributed by atoms with E-state index < -0.39 is 0 Å². The fourth-order valence-electron chi connectivity index (χ4n) is 6.63. The Bertz CT molecular complexity index is 2460. The van der Waals surface area contributed by atoms with Gasteiger partial charge in [0.05, 0.1) is 11.0 Å². The highest BCUT2D eigenvalue weighted by molar-refractivity contribution is 6.10. The van der Waals surface area contributed by atoms with Gasteiger partial charge in [-0.15, -0.1) is 0 Å². The standard InChI is InChI=1S/C42H27N3O/c1-2-10-32-28(9-1)16-17-29-18-19-30(25-35(29)34-12-4-6-14-41(34)46-40-13-5-3-11-33(32)40)31-20-21-38-36(26-31)37-27-43-24-22-39(37)45(38)42-15-7-8-23-44-42/h1-27H. The summed E-state index contributed by atoms with van der Waals surface area (Å²) in [7, 11) is 0. The summed E-state index contributed by atoms with van der Waals surface area (Å²) in [5.41, 5.74) is 11.1. The number of ether oxygens (including phenoxy) is 1. The first-order chi connectivity index (χ1) is 22.8. The first-order valence-electron chi connectivity index (χ1n) is 15.4. The zero-order valence-corrected chi connectivity index (χ0v) is 24.8. The molecule has 46 heavy (non-hydrogen) atoms.